The lowest BCUT2D eigenvalue weighted by atomic mass is 9.88. The van der Waals surface area contributed by atoms with Crippen molar-refractivity contribution in [3.05, 3.63) is 23.8 Å². The fraction of sp³-hybridized carbons (Fsp3) is 0.538. The molecule has 16 heavy (non-hydrogen) atoms. The Hall–Kier alpha value is -1.22. The molecule has 1 unspecified atom stereocenters. The largest absolute Gasteiger partial charge is 0.493 e. The van der Waals surface area contributed by atoms with E-state index in [0.717, 1.165) is 11.5 Å². The summed E-state index contributed by atoms with van der Waals surface area (Å²) < 4.78 is 10.5. The van der Waals surface area contributed by atoms with E-state index in [4.69, 9.17) is 15.2 Å². The monoisotopic (exact) mass is 223 g/mol. The zero-order valence-corrected chi connectivity index (χ0v) is 10.5. The molecule has 3 nitrogen and oxygen atoms in total. The number of hydrogen-bond donors (Lipinski definition) is 1. The van der Waals surface area contributed by atoms with Crippen LogP contribution in [0.3, 0.4) is 0 Å². The Morgan fingerprint density at radius 1 is 1.12 bits per heavy atom. The minimum Gasteiger partial charge on any atom is -0.493 e. The lowest BCUT2D eigenvalue weighted by Gasteiger charge is -2.20. The third-order valence-electron chi connectivity index (χ3n) is 2.89. The molecule has 1 aromatic rings. The highest BCUT2D eigenvalue weighted by Gasteiger charge is 2.16. The van der Waals surface area contributed by atoms with Gasteiger partial charge in [0, 0.05) is 0 Å². The van der Waals surface area contributed by atoms with Gasteiger partial charge in [-0.1, -0.05) is 19.9 Å². The lowest BCUT2D eigenvalue weighted by molar-refractivity contribution is 0.353. The first-order valence-electron chi connectivity index (χ1n) is 5.56. The maximum atomic E-state index is 5.80. The third-order valence-corrected chi connectivity index (χ3v) is 2.89. The molecule has 0 bridgehead atoms. The number of hydrogen-bond acceptors (Lipinski definition) is 3. The highest BCUT2D eigenvalue weighted by molar-refractivity contribution is 5.44. The highest BCUT2D eigenvalue weighted by atomic mass is 16.5. The van der Waals surface area contributed by atoms with Crippen LogP contribution in [0.25, 0.3) is 0 Å². The Labute approximate surface area is 97.6 Å². The standard InChI is InChI=1S/C13H21NO2/c1-9(2)11(8-14)10-5-6-12(15-3)13(7-10)16-4/h5-7,9,11H,8,14H2,1-4H3. The van der Waals surface area contributed by atoms with Crippen LogP contribution in [0.4, 0.5) is 0 Å². The van der Waals surface area contributed by atoms with Crippen LogP contribution in [-0.2, 0) is 0 Å². The molecular weight excluding hydrogens is 202 g/mol. The van der Waals surface area contributed by atoms with Gasteiger partial charge in [-0.2, -0.15) is 0 Å². The first kappa shape index (κ1) is 12.8. The molecular formula is C13H21NO2. The van der Waals surface area contributed by atoms with E-state index in [9.17, 15) is 0 Å². The molecule has 0 heterocycles. The Balaban J connectivity index is 3.06. The van der Waals surface area contributed by atoms with Crippen LogP contribution in [0, 0.1) is 5.92 Å². The lowest BCUT2D eigenvalue weighted by Crippen LogP contribution is -2.17. The van der Waals surface area contributed by atoms with Crippen molar-refractivity contribution in [3.8, 4) is 11.5 Å². The molecule has 1 atom stereocenters. The van der Waals surface area contributed by atoms with Crippen molar-refractivity contribution in [2.24, 2.45) is 11.7 Å². The van der Waals surface area contributed by atoms with Gasteiger partial charge < -0.3 is 15.2 Å². The molecule has 0 aliphatic carbocycles. The normalized spacial score (nSPS) is 12.6. The van der Waals surface area contributed by atoms with Crippen LogP contribution < -0.4 is 15.2 Å². The van der Waals surface area contributed by atoms with Gasteiger partial charge in [-0.05, 0) is 36.1 Å². The topological polar surface area (TPSA) is 44.5 Å². The van der Waals surface area contributed by atoms with Crippen molar-refractivity contribution in [3.63, 3.8) is 0 Å². The average Bonchev–Trinajstić information content (AvgIpc) is 2.29. The molecule has 0 saturated heterocycles. The molecule has 0 aromatic heterocycles. The van der Waals surface area contributed by atoms with Crippen molar-refractivity contribution in [1.82, 2.24) is 0 Å². The minimum atomic E-state index is 0.361. The zero-order valence-electron chi connectivity index (χ0n) is 10.5. The molecule has 0 spiro atoms. The molecule has 3 heteroatoms. The Morgan fingerprint density at radius 3 is 2.19 bits per heavy atom. The summed E-state index contributed by atoms with van der Waals surface area (Å²) in [5.41, 5.74) is 7.00. The van der Waals surface area contributed by atoms with Gasteiger partial charge >= 0.3 is 0 Å². The van der Waals surface area contributed by atoms with Gasteiger partial charge in [-0.15, -0.1) is 0 Å². The SMILES string of the molecule is COc1ccc(C(CN)C(C)C)cc1OC. The van der Waals surface area contributed by atoms with E-state index in [1.807, 2.05) is 12.1 Å². The fourth-order valence-corrected chi connectivity index (χ4v) is 1.88. The number of nitrogens with two attached hydrogens (primary N) is 1. The summed E-state index contributed by atoms with van der Waals surface area (Å²) >= 11 is 0. The minimum absolute atomic E-state index is 0.361. The first-order valence-corrected chi connectivity index (χ1v) is 5.56. The molecule has 0 amide bonds. The molecule has 2 N–H and O–H groups in total. The molecule has 0 radical (unpaired) electrons. The second-order valence-corrected chi connectivity index (χ2v) is 4.20. The molecule has 0 aliphatic rings. The number of ether oxygens (including phenoxy) is 2. The average molecular weight is 223 g/mol. The van der Waals surface area contributed by atoms with Crippen molar-refractivity contribution < 1.29 is 9.47 Å². The Morgan fingerprint density at radius 2 is 1.75 bits per heavy atom. The van der Waals surface area contributed by atoms with Crippen LogP contribution in [-0.4, -0.2) is 20.8 Å². The predicted octanol–water partition coefficient (Wildman–Crippen LogP) is 2.40. The zero-order chi connectivity index (χ0) is 12.1. The molecule has 0 saturated carbocycles. The van der Waals surface area contributed by atoms with Crippen LogP contribution in [0.1, 0.15) is 25.3 Å². The summed E-state index contributed by atoms with van der Waals surface area (Å²) in [6, 6.07) is 5.99. The van der Waals surface area contributed by atoms with Gasteiger partial charge in [0.1, 0.15) is 0 Å². The van der Waals surface area contributed by atoms with Crippen molar-refractivity contribution in [1.29, 1.82) is 0 Å². The van der Waals surface area contributed by atoms with E-state index < -0.39 is 0 Å². The van der Waals surface area contributed by atoms with Gasteiger partial charge in [0.2, 0.25) is 0 Å². The molecule has 1 aromatic carbocycles. The summed E-state index contributed by atoms with van der Waals surface area (Å²) in [4.78, 5) is 0. The van der Waals surface area contributed by atoms with E-state index in [0.29, 0.717) is 18.4 Å². The summed E-state index contributed by atoms with van der Waals surface area (Å²) in [5.74, 6) is 2.40. The maximum absolute atomic E-state index is 5.80. The second-order valence-electron chi connectivity index (χ2n) is 4.20. The Kier molecular flexibility index (Phi) is 4.62. The van der Waals surface area contributed by atoms with E-state index in [2.05, 4.69) is 19.9 Å². The summed E-state index contributed by atoms with van der Waals surface area (Å²) in [6.07, 6.45) is 0. The highest BCUT2D eigenvalue weighted by Crippen LogP contribution is 2.32. The van der Waals surface area contributed by atoms with Gasteiger partial charge in [-0.25, -0.2) is 0 Å². The van der Waals surface area contributed by atoms with Crippen LogP contribution in [0.2, 0.25) is 0 Å². The number of methoxy groups -OCH3 is 2. The smallest absolute Gasteiger partial charge is 0.160 e. The van der Waals surface area contributed by atoms with E-state index >= 15 is 0 Å². The summed E-state index contributed by atoms with van der Waals surface area (Å²) in [6.45, 7) is 5.00. The maximum Gasteiger partial charge on any atom is 0.160 e. The van der Waals surface area contributed by atoms with Gasteiger partial charge in [0.25, 0.3) is 0 Å². The molecule has 90 valence electrons. The van der Waals surface area contributed by atoms with E-state index in [-0.39, 0.29) is 0 Å². The number of rotatable bonds is 5. The molecule has 1 rings (SSSR count). The van der Waals surface area contributed by atoms with Gasteiger partial charge in [0.15, 0.2) is 11.5 Å². The van der Waals surface area contributed by atoms with Crippen LogP contribution in [0.5, 0.6) is 11.5 Å². The van der Waals surface area contributed by atoms with E-state index in [1.165, 1.54) is 5.56 Å². The van der Waals surface area contributed by atoms with Gasteiger partial charge in [0.05, 0.1) is 14.2 Å². The second kappa shape index (κ2) is 5.75. The van der Waals surface area contributed by atoms with Crippen molar-refractivity contribution in [2.75, 3.05) is 20.8 Å². The summed E-state index contributed by atoms with van der Waals surface area (Å²) in [7, 11) is 3.29. The summed E-state index contributed by atoms with van der Waals surface area (Å²) in [5, 5.41) is 0. The van der Waals surface area contributed by atoms with Crippen molar-refractivity contribution >= 4 is 0 Å². The van der Waals surface area contributed by atoms with Crippen LogP contribution in [0.15, 0.2) is 18.2 Å². The fourth-order valence-electron chi connectivity index (χ4n) is 1.88. The van der Waals surface area contributed by atoms with E-state index in [1.54, 1.807) is 14.2 Å². The molecule has 0 aliphatic heterocycles. The van der Waals surface area contributed by atoms with Crippen molar-refractivity contribution in [2.45, 2.75) is 19.8 Å². The molecule has 0 fully saturated rings. The predicted molar refractivity (Wildman–Crippen MR) is 66.2 cm³/mol. The Bertz CT molecular complexity index is 337. The number of benzene rings is 1. The first-order chi connectivity index (χ1) is 7.63. The van der Waals surface area contributed by atoms with Gasteiger partial charge in [-0.3, -0.25) is 0 Å². The third kappa shape index (κ3) is 2.67. The van der Waals surface area contributed by atoms with Crippen LogP contribution >= 0.6 is 0 Å². The quantitative estimate of drug-likeness (QED) is 0.833.